The van der Waals surface area contributed by atoms with Crippen LogP contribution in [0.5, 0.6) is 5.75 Å². The van der Waals surface area contributed by atoms with E-state index in [4.69, 9.17) is 0 Å². The van der Waals surface area contributed by atoms with Crippen molar-refractivity contribution in [3.05, 3.63) is 90.3 Å². The normalized spacial score (nSPS) is 11.4. The van der Waals surface area contributed by atoms with Crippen LogP contribution in [0.2, 0.25) is 0 Å². The van der Waals surface area contributed by atoms with Gasteiger partial charge in [0.15, 0.2) is 0 Å². The molecule has 2 aromatic carbocycles. The van der Waals surface area contributed by atoms with Gasteiger partial charge in [0.2, 0.25) is 15.9 Å². The number of amides is 1. The molecule has 148 valence electrons. The van der Waals surface area contributed by atoms with Crippen molar-refractivity contribution >= 4 is 27.7 Å². The van der Waals surface area contributed by atoms with Crippen LogP contribution in [0, 0.1) is 0 Å². The summed E-state index contributed by atoms with van der Waals surface area (Å²) in [7, 11) is -3.71. The third kappa shape index (κ3) is 6.00. The number of hydrogen-bond donors (Lipinski definition) is 3. The summed E-state index contributed by atoms with van der Waals surface area (Å²) < 4.78 is 27.3. The van der Waals surface area contributed by atoms with Crippen molar-refractivity contribution in [3.63, 3.8) is 0 Å². The Labute approximate surface area is 168 Å². The molecule has 0 aliphatic carbocycles. The smallest absolute Gasteiger partial charge is 0.248 e. The molecule has 0 spiro atoms. The number of nitrogens with zero attached hydrogens (tertiary/aromatic N) is 1. The molecule has 8 heteroatoms. The largest absolute Gasteiger partial charge is 0.508 e. The zero-order valence-electron chi connectivity index (χ0n) is 15.3. The minimum atomic E-state index is -3.71. The SMILES string of the molecule is O=C(/C=C/c1ccncc1)Nc1ccc(S(=O)(=O)NCc2ccc(O)cc2)cc1. The van der Waals surface area contributed by atoms with E-state index in [0.29, 0.717) is 5.69 Å². The highest BCUT2D eigenvalue weighted by Gasteiger charge is 2.13. The molecule has 0 radical (unpaired) electrons. The highest BCUT2D eigenvalue weighted by molar-refractivity contribution is 7.89. The van der Waals surface area contributed by atoms with Crippen molar-refractivity contribution in [3.8, 4) is 5.75 Å². The van der Waals surface area contributed by atoms with Gasteiger partial charge in [-0.2, -0.15) is 0 Å². The summed E-state index contributed by atoms with van der Waals surface area (Å²) in [5.41, 5.74) is 2.04. The second-order valence-corrected chi connectivity index (χ2v) is 7.89. The summed E-state index contributed by atoms with van der Waals surface area (Å²) in [6, 6.07) is 15.7. The Morgan fingerprint density at radius 3 is 2.28 bits per heavy atom. The van der Waals surface area contributed by atoms with Crippen molar-refractivity contribution in [2.24, 2.45) is 0 Å². The minimum Gasteiger partial charge on any atom is -0.508 e. The Kier molecular flexibility index (Phi) is 6.38. The van der Waals surface area contributed by atoms with E-state index in [1.54, 1.807) is 42.7 Å². The first kappa shape index (κ1) is 20.2. The lowest BCUT2D eigenvalue weighted by molar-refractivity contribution is -0.111. The first-order valence-corrected chi connectivity index (χ1v) is 10.2. The number of sulfonamides is 1. The number of aromatic hydroxyl groups is 1. The maximum Gasteiger partial charge on any atom is 0.248 e. The molecule has 29 heavy (non-hydrogen) atoms. The molecule has 1 heterocycles. The predicted octanol–water partition coefficient (Wildman–Crippen LogP) is 2.92. The molecule has 0 unspecified atom stereocenters. The summed E-state index contributed by atoms with van der Waals surface area (Å²) in [5.74, 6) is -0.215. The van der Waals surface area contributed by atoms with Crippen LogP contribution in [0.4, 0.5) is 5.69 Å². The predicted molar refractivity (Wildman–Crippen MR) is 110 cm³/mol. The maximum atomic E-state index is 12.4. The Morgan fingerprint density at radius 2 is 1.62 bits per heavy atom. The van der Waals surface area contributed by atoms with Gasteiger partial charge in [0.05, 0.1) is 4.90 Å². The molecule has 0 aliphatic rings. The molecule has 0 atom stereocenters. The molecule has 0 bridgehead atoms. The van der Waals surface area contributed by atoms with Gasteiger partial charge in [-0.15, -0.1) is 0 Å². The molecular weight excluding hydrogens is 390 g/mol. The molecule has 3 aromatic rings. The topological polar surface area (TPSA) is 108 Å². The molecular formula is C21H19N3O4S. The minimum absolute atomic E-state index is 0.0848. The third-order valence-electron chi connectivity index (χ3n) is 3.97. The molecule has 7 nitrogen and oxygen atoms in total. The summed E-state index contributed by atoms with van der Waals surface area (Å²) in [6.07, 6.45) is 6.31. The number of rotatable bonds is 7. The number of carbonyl (C=O) groups is 1. The van der Waals surface area contributed by atoms with Crippen LogP contribution in [0.1, 0.15) is 11.1 Å². The van der Waals surface area contributed by atoms with Gasteiger partial charge in [0.25, 0.3) is 0 Å². The number of anilines is 1. The Bertz CT molecular complexity index is 1090. The van der Waals surface area contributed by atoms with Crippen molar-refractivity contribution in [1.29, 1.82) is 0 Å². The highest BCUT2D eigenvalue weighted by atomic mass is 32.2. The van der Waals surface area contributed by atoms with E-state index in [2.05, 4.69) is 15.0 Å². The van der Waals surface area contributed by atoms with E-state index >= 15 is 0 Å². The third-order valence-corrected chi connectivity index (χ3v) is 5.39. The number of benzene rings is 2. The Balaban J connectivity index is 1.59. The fourth-order valence-electron chi connectivity index (χ4n) is 2.42. The average molecular weight is 409 g/mol. The van der Waals surface area contributed by atoms with Crippen molar-refractivity contribution in [2.75, 3.05) is 5.32 Å². The number of pyridine rings is 1. The van der Waals surface area contributed by atoms with E-state index in [-0.39, 0.29) is 23.1 Å². The second kappa shape index (κ2) is 9.13. The summed E-state index contributed by atoms with van der Waals surface area (Å²) in [4.78, 5) is 16.0. The average Bonchev–Trinajstić information content (AvgIpc) is 2.73. The number of phenolic OH excluding ortho intramolecular Hbond substituents is 1. The molecule has 1 amide bonds. The van der Waals surface area contributed by atoms with Crippen LogP contribution in [-0.4, -0.2) is 24.4 Å². The van der Waals surface area contributed by atoms with Gasteiger partial charge in [0.1, 0.15) is 5.75 Å². The standard InChI is InChI=1S/C21H19N3O4S/c25-19-6-1-17(2-7-19)15-23-29(27,28)20-8-4-18(5-9-20)24-21(26)10-3-16-11-13-22-14-12-16/h1-14,23,25H,15H2,(H,24,26)/b10-3+. The zero-order valence-corrected chi connectivity index (χ0v) is 16.1. The lowest BCUT2D eigenvalue weighted by Crippen LogP contribution is -2.23. The second-order valence-electron chi connectivity index (χ2n) is 6.12. The van der Waals surface area contributed by atoms with Crippen molar-refractivity contribution < 1.29 is 18.3 Å². The fourth-order valence-corrected chi connectivity index (χ4v) is 3.44. The number of phenols is 1. The van der Waals surface area contributed by atoms with Crippen LogP contribution >= 0.6 is 0 Å². The van der Waals surface area contributed by atoms with Crippen molar-refractivity contribution in [2.45, 2.75) is 11.4 Å². The lowest BCUT2D eigenvalue weighted by atomic mass is 10.2. The number of aromatic nitrogens is 1. The quantitative estimate of drug-likeness (QED) is 0.520. The van der Waals surface area contributed by atoms with E-state index in [1.165, 1.54) is 42.5 Å². The van der Waals surface area contributed by atoms with Crippen LogP contribution < -0.4 is 10.0 Å². The van der Waals surface area contributed by atoms with Gasteiger partial charge < -0.3 is 10.4 Å². The molecule has 0 aliphatic heterocycles. The highest BCUT2D eigenvalue weighted by Crippen LogP contribution is 2.15. The summed E-state index contributed by atoms with van der Waals surface area (Å²) >= 11 is 0. The summed E-state index contributed by atoms with van der Waals surface area (Å²) in [6.45, 7) is 0.0981. The molecule has 0 fully saturated rings. The summed E-state index contributed by atoms with van der Waals surface area (Å²) in [5, 5.41) is 11.9. The monoisotopic (exact) mass is 409 g/mol. The number of nitrogens with one attached hydrogen (secondary N) is 2. The Hall–Kier alpha value is -3.49. The van der Waals surface area contributed by atoms with E-state index < -0.39 is 10.0 Å². The van der Waals surface area contributed by atoms with Gasteiger partial charge in [-0.1, -0.05) is 12.1 Å². The van der Waals surface area contributed by atoms with Gasteiger partial charge in [-0.25, -0.2) is 13.1 Å². The van der Waals surface area contributed by atoms with E-state index in [1.807, 2.05) is 0 Å². The fraction of sp³-hybridized carbons (Fsp3) is 0.0476. The molecule has 0 saturated carbocycles. The molecule has 3 rings (SSSR count). The van der Waals surface area contributed by atoms with Crippen LogP contribution in [0.3, 0.4) is 0 Å². The van der Waals surface area contributed by atoms with Gasteiger partial charge in [-0.3, -0.25) is 9.78 Å². The molecule has 1 aromatic heterocycles. The number of carbonyl (C=O) groups excluding carboxylic acids is 1. The first-order valence-electron chi connectivity index (χ1n) is 8.69. The van der Waals surface area contributed by atoms with Gasteiger partial charge >= 0.3 is 0 Å². The number of hydrogen-bond acceptors (Lipinski definition) is 5. The van der Waals surface area contributed by atoms with Gasteiger partial charge in [0, 0.05) is 30.7 Å². The van der Waals surface area contributed by atoms with Crippen LogP contribution in [-0.2, 0) is 21.4 Å². The molecule has 0 saturated heterocycles. The van der Waals surface area contributed by atoms with Gasteiger partial charge in [-0.05, 0) is 65.7 Å². The zero-order chi connectivity index (χ0) is 20.7. The first-order chi connectivity index (χ1) is 13.9. The molecule has 3 N–H and O–H groups in total. The lowest BCUT2D eigenvalue weighted by Gasteiger charge is -2.08. The maximum absolute atomic E-state index is 12.4. The van der Waals surface area contributed by atoms with E-state index in [0.717, 1.165) is 11.1 Å². The van der Waals surface area contributed by atoms with Crippen LogP contribution in [0.15, 0.2) is 84.0 Å². The Morgan fingerprint density at radius 1 is 0.966 bits per heavy atom. The van der Waals surface area contributed by atoms with Crippen molar-refractivity contribution in [1.82, 2.24) is 9.71 Å². The van der Waals surface area contributed by atoms with Crippen LogP contribution in [0.25, 0.3) is 6.08 Å². The van der Waals surface area contributed by atoms with E-state index in [9.17, 15) is 18.3 Å².